The average Bonchev–Trinajstić information content (AvgIpc) is 2.26. The van der Waals surface area contributed by atoms with E-state index < -0.39 is 29.8 Å². The number of halogens is 3. The largest absolute Gasteiger partial charge is 0.416 e. The van der Waals surface area contributed by atoms with E-state index in [1.807, 2.05) is 5.32 Å². The van der Waals surface area contributed by atoms with Crippen molar-refractivity contribution in [1.29, 1.82) is 0 Å². The van der Waals surface area contributed by atoms with Crippen molar-refractivity contribution in [2.75, 3.05) is 0 Å². The summed E-state index contributed by atoms with van der Waals surface area (Å²) in [5.74, 6) is -1.50. The highest BCUT2D eigenvalue weighted by Gasteiger charge is 2.57. The predicted octanol–water partition coefficient (Wildman–Crippen LogP) is 2.56. The van der Waals surface area contributed by atoms with E-state index in [-0.39, 0.29) is 5.56 Å². The summed E-state index contributed by atoms with van der Waals surface area (Å²) in [7, 11) is 0. The lowest BCUT2D eigenvalue weighted by atomic mass is 9.84. The molecule has 1 aromatic rings. The Balaban J connectivity index is 3.43. The Morgan fingerprint density at radius 2 is 1.63 bits per heavy atom. The fourth-order valence-corrected chi connectivity index (χ4v) is 1.95. The van der Waals surface area contributed by atoms with E-state index in [4.69, 9.17) is 0 Å². The van der Waals surface area contributed by atoms with E-state index >= 15 is 0 Å². The lowest BCUT2D eigenvalue weighted by Crippen LogP contribution is -2.56. The van der Waals surface area contributed by atoms with Crippen LogP contribution in [0, 0.1) is 0 Å². The molecule has 1 aromatic carbocycles. The van der Waals surface area contributed by atoms with Gasteiger partial charge in [-0.25, -0.2) is 0 Å². The van der Waals surface area contributed by atoms with Crippen molar-refractivity contribution in [3.8, 4) is 0 Å². The zero-order valence-electron chi connectivity index (χ0n) is 10.5. The first kappa shape index (κ1) is 15.2. The molecule has 0 heterocycles. The summed E-state index contributed by atoms with van der Waals surface area (Å²) in [5, 5.41) is 1.90. The average molecular weight is 273 g/mol. The van der Waals surface area contributed by atoms with Crippen molar-refractivity contribution in [2.45, 2.75) is 32.0 Å². The van der Waals surface area contributed by atoms with Crippen LogP contribution in [0.15, 0.2) is 30.3 Å². The molecule has 6 heteroatoms. The quantitative estimate of drug-likeness (QED) is 0.916. The van der Waals surface area contributed by atoms with E-state index in [1.54, 1.807) is 6.07 Å². The number of Topliss-reactive ketones (excluding diaryl/α,β-unsaturated/α-hetero) is 1. The molecular formula is C13H14F3NO2. The monoisotopic (exact) mass is 273 g/mol. The third kappa shape index (κ3) is 3.33. The van der Waals surface area contributed by atoms with Crippen LogP contribution in [0.25, 0.3) is 0 Å². The van der Waals surface area contributed by atoms with Gasteiger partial charge in [-0.15, -0.1) is 0 Å². The molecule has 1 amide bonds. The Morgan fingerprint density at radius 3 is 2.00 bits per heavy atom. The maximum absolute atomic E-state index is 13.4. The lowest BCUT2D eigenvalue weighted by molar-refractivity contribution is -0.204. The molecule has 0 aliphatic rings. The first-order valence-corrected chi connectivity index (χ1v) is 5.59. The van der Waals surface area contributed by atoms with Crippen molar-refractivity contribution in [1.82, 2.24) is 5.32 Å². The van der Waals surface area contributed by atoms with E-state index in [0.29, 0.717) is 0 Å². The molecule has 0 saturated heterocycles. The van der Waals surface area contributed by atoms with Crippen LogP contribution in [0.4, 0.5) is 13.2 Å². The van der Waals surface area contributed by atoms with Crippen LogP contribution < -0.4 is 5.32 Å². The Bertz CT molecular complexity index is 453. The minimum absolute atomic E-state index is 0.159. The third-order valence-electron chi connectivity index (χ3n) is 2.65. The van der Waals surface area contributed by atoms with Gasteiger partial charge in [-0.05, 0) is 12.5 Å². The maximum atomic E-state index is 13.4. The Kier molecular flexibility index (Phi) is 4.34. The van der Waals surface area contributed by atoms with Crippen molar-refractivity contribution < 1.29 is 22.8 Å². The highest BCUT2D eigenvalue weighted by Crippen LogP contribution is 2.41. The summed E-state index contributed by atoms with van der Waals surface area (Å²) >= 11 is 0. The van der Waals surface area contributed by atoms with Crippen molar-refractivity contribution in [3.05, 3.63) is 35.9 Å². The van der Waals surface area contributed by atoms with Gasteiger partial charge < -0.3 is 5.32 Å². The number of ketones is 1. The number of carbonyl (C=O) groups excluding carboxylic acids is 2. The molecule has 19 heavy (non-hydrogen) atoms. The van der Waals surface area contributed by atoms with E-state index in [0.717, 1.165) is 13.8 Å². The Hall–Kier alpha value is -1.85. The summed E-state index contributed by atoms with van der Waals surface area (Å²) in [6, 6.07) is 6.90. The van der Waals surface area contributed by atoms with E-state index in [9.17, 15) is 22.8 Å². The first-order valence-electron chi connectivity index (χ1n) is 5.59. The van der Waals surface area contributed by atoms with Gasteiger partial charge in [0.25, 0.3) is 0 Å². The molecule has 0 fully saturated rings. The second kappa shape index (κ2) is 5.42. The minimum Gasteiger partial charge on any atom is -0.338 e. The fourth-order valence-electron chi connectivity index (χ4n) is 1.95. The molecule has 1 unspecified atom stereocenters. The fraction of sp³-hybridized carbons (Fsp3) is 0.385. The predicted molar refractivity (Wildman–Crippen MR) is 63.3 cm³/mol. The van der Waals surface area contributed by atoms with Gasteiger partial charge in [0.15, 0.2) is 5.54 Å². The van der Waals surface area contributed by atoms with Gasteiger partial charge in [0.05, 0.1) is 0 Å². The van der Waals surface area contributed by atoms with Crippen LogP contribution in [0.5, 0.6) is 0 Å². The maximum Gasteiger partial charge on any atom is 0.416 e. The first-order chi connectivity index (χ1) is 8.69. The van der Waals surface area contributed by atoms with Crippen molar-refractivity contribution >= 4 is 11.7 Å². The van der Waals surface area contributed by atoms with Gasteiger partial charge in [-0.2, -0.15) is 13.2 Å². The zero-order chi connectivity index (χ0) is 14.7. The molecule has 0 bridgehead atoms. The summed E-state index contributed by atoms with van der Waals surface area (Å²) in [4.78, 5) is 22.3. The highest BCUT2D eigenvalue weighted by atomic mass is 19.4. The van der Waals surface area contributed by atoms with Gasteiger partial charge in [-0.3, -0.25) is 9.59 Å². The smallest absolute Gasteiger partial charge is 0.338 e. The number of rotatable bonds is 4. The van der Waals surface area contributed by atoms with Crippen LogP contribution in [-0.4, -0.2) is 17.9 Å². The van der Waals surface area contributed by atoms with Crippen molar-refractivity contribution in [2.24, 2.45) is 0 Å². The van der Waals surface area contributed by atoms with Crippen LogP contribution >= 0.6 is 0 Å². The number of alkyl halides is 3. The topological polar surface area (TPSA) is 46.2 Å². The number of hydrogen-bond donors (Lipinski definition) is 1. The number of carbonyl (C=O) groups is 2. The molecule has 0 aromatic heterocycles. The standard InChI is InChI=1S/C13H14F3NO2/c1-9(18)8-12(13(14,15)16,17-10(2)19)11-6-4-3-5-7-11/h3-7H,8H2,1-2H3,(H,17,19). The van der Waals surface area contributed by atoms with Crippen LogP contribution in [0.3, 0.4) is 0 Å². The molecule has 1 atom stereocenters. The Labute approximate surface area is 108 Å². The van der Waals surface area contributed by atoms with E-state index in [1.165, 1.54) is 24.3 Å². The molecule has 0 aliphatic heterocycles. The number of benzene rings is 1. The van der Waals surface area contributed by atoms with Crippen LogP contribution in [0.2, 0.25) is 0 Å². The lowest BCUT2D eigenvalue weighted by Gasteiger charge is -2.36. The Morgan fingerprint density at radius 1 is 1.11 bits per heavy atom. The van der Waals surface area contributed by atoms with E-state index in [2.05, 4.69) is 0 Å². The highest BCUT2D eigenvalue weighted by molar-refractivity contribution is 5.80. The normalized spacial score (nSPS) is 14.6. The van der Waals surface area contributed by atoms with Gasteiger partial charge in [0.2, 0.25) is 5.91 Å². The summed E-state index contributed by atoms with van der Waals surface area (Å²) < 4.78 is 40.2. The summed E-state index contributed by atoms with van der Waals surface area (Å²) in [5.41, 5.74) is -2.83. The second-order valence-electron chi connectivity index (χ2n) is 4.33. The molecule has 104 valence electrons. The summed E-state index contributed by atoms with van der Waals surface area (Å²) in [6.45, 7) is 2.05. The van der Waals surface area contributed by atoms with Gasteiger partial charge in [0.1, 0.15) is 5.78 Å². The number of amides is 1. The van der Waals surface area contributed by atoms with Crippen molar-refractivity contribution in [3.63, 3.8) is 0 Å². The van der Waals surface area contributed by atoms with Crippen LogP contribution in [0.1, 0.15) is 25.8 Å². The molecular weight excluding hydrogens is 259 g/mol. The number of hydrogen-bond acceptors (Lipinski definition) is 2. The van der Waals surface area contributed by atoms with Crippen LogP contribution in [-0.2, 0) is 15.1 Å². The second-order valence-corrected chi connectivity index (χ2v) is 4.33. The SMILES string of the molecule is CC(=O)CC(NC(C)=O)(c1ccccc1)C(F)(F)F. The summed E-state index contributed by atoms with van der Waals surface area (Å²) in [6.07, 6.45) is -5.61. The third-order valence-corrected chi connectivity index (χ3v) is 2.65. The molecule has 0 spiro atoms. The molecule has 3 nitrogen and oxygen atoms in total. The van der Waals surface area contributed by atoms with Gasteiger partial charge in [-0.1, -0.05) is 30.3 Å². The van der Waals surface area contributed by atoms with Gasteiger partial charge >= 0.3 is 6.18 Å². The minimum atomic E-state index is -4.77. The molecule has 0 aliphatic carbocycles. The zero-order valence-corrected chi connectivity index (χ0v) is 10.5. The molecule has 0 saturated carbocycles. The number of nitrogens with one attached hydrogen (secondary N) is 1. The molecule has 1 N–H and O–H groups in total. The van der Waals surface area contributed by atoms with Gasteiger partial charge in [0, 0.05) is 13.3 Å². The molecule has 0 radical (unpaired) electrons. The molecule has 1 rings (SSSR count).